The number of benzene rings is 1. The predicted molar refractivity (Wildman–Crippen MR) is 112 cm³/mol. The molecule has 7 heteroatoms. The molecule has 0 saturated carbocycles. The van der Waals surface area contributed by atoms with Crippen LogP contribution in [0.3, 0.4) is 0 Å². The quantitative estimate of drug-likeness (QED) is 0.210. The van der Waals surface area contributed by atoms with Crippen molar-refractivity contribution in [1.82, 2.24) is 0 Å². The monoisotopic (exact) mass is 412 g/mol. The van der Waals surface area contributed by atoms with Crippen LogP contribution in [0.1, 0.15) is 32.8 Å². The van der Waals surface area contributed by atoms with Gasteiger partial charge in [-0.3, -0.25) is 0 Å². The van der Waals surface area contributed by atoms with E-state index >= 15 is 0 Å². The average Bonchev–Trinajstić information content (AvgIpc) is 2.64. The van der Waals surface area contributed by atoms with E-state index in [1.165, 1.54) is 7.11 Å². The molecule has 1 rings (SSSR count). The first-order valence-electron chi connectivity index (χ1n) is 9.59. The van der Waals surface area contributed by atoms with E-state index in [-0.39, 0.29) is 17.9 Å². The van der Waals surface area contributed by atoms with Gasteiger partial charge >= 0.3 is 0 Å². The Bertz CT molecular complexity index is 567. The van der Waals surface area contributed by atoms with Crippen molar-refractivity contribution in [2.75, 3.05) is 27.6 Å². The van der Waals surface area contributed by atoms with Crippen molar-refractivity contribution in [2.24, 2.45) is 0 Å². The molecule has 0 aliphatic heterocycles. The van der Waals surface area contributed by atoms with Crippen LogP contribution < -0.4 is 4.74 Å². The Kier molecular flexibility index (Phi) is 10.3. The molecule has 160 valence electrons. The Balaban J connectivity index is 2.68. The van der Waals surface area contributed by atoms with E-state index < -0.39 is 14.4 Å². The lowest BCUT2D eigenvalue weighted by Gasteiger charge is -2.40. The van der Waals surface area contributed by atoms with Crippen LogP contribution in [0.25, 0.3) is 0 Å². The maximum Gasteiger partial charge on any atom is 0.192 e. The van der Waals surface area contributed by atoms with Gasteiger partial charge in [0.2, 0.25) is 0 Å². The third-order valence-electron chi connectivity index (χ3n) is 5.11. The minimum atomic E-state index is -2.07. The second-order valence-electron chi connectivity index (χ2n) is 8.28. The standard InChI is InChI=1S/C21H36O6Si/c1-21(2,3)28(6,7)27-19(20(14-22)26-16-23-4)12-13-25-15-17-8-10-18(24-5)11-9-17/h8-11,14,19-20H,12-13,15-16H2,1-7H3/t19-,20-/m0/s1. The van der Waals surface area contributed by atoms with Crippen LogP contribution in [-0.4, -0.2) is 54.4 Å². The predicted octanol–water partition coefficient (Wildman–Crippen LogP) is 4.18. The fourth-order valence-corrected chi connectivity index (χ4v) is 3.70. The SMILES string of the molecule is COCO[C@@H](C=O)[C@H](CCOCc1ccc(OC)cc1)O[Si](C)(C)C(C)(C)C. The van der Waals surface area contributed by atoms with E-state index in [0.717, 1.165) is 17.6 Å². The second kappa shape index (κ2) is 11.7. The van der Waals surface area contributed by atoms with Gasteiger partial charge in [0.05, 0.1) is 19.8 Å². The maximum absolute atomic E-state index is 11.6. The van der Waals surface area contributed by atoms with E-state index in [1.807, 2.05) is 24.3 Å². The van der Waals surface area contributed by atoms with Crippen molar-refractivity contribution >= 4 is 14.6 Å². The van der Waals surface area contributed by atoms with Crippen molar-refractivity contribution in [3.05, 3.63) is 29.8 Å². The third kappa shape index (κ3) is 8.01. The molecule has 0 heterocycles. The van der Waals surface area contributed by atoms with Crippen molar-refractivity contribution in [1.29, 1.82) is 0 Å². The lowest BCUT2D eigenvalue weighted by Crippen LogP contribution is -2.48. The lowest BCUT2D eigenvalue weighted by atomic mass is 10.1. The van der Waals surface area contributed by atoms with Crippen molar-refractivity contribution < 1.29 is 28.2 Å². The Labute approximate surface area is 170 Å². The van der Waals surface area contributed by atoms with E-state index in [4.69, 9.17) is 23.4 Å². The van der Waals surface area contributed by atoms with Crippen LogP contribution >= 0.6 is 0 Å². The fraction of sp³-hybridized carbons (Fsp3) is 0.667. The first-order chi connectivity index (χ1) is 13.1. The summed E-state index contributed by atoms with van der Waals surface area (Å²) >= 11 is 0. The van der Waals surface area contributed by atoms with Crippen molar-refractivity contribution in [2.45, 2.75) is 64.1 Å². The summed E-state index contributed by atoms with van der Waals surface area (Å²) in [5, 5.41) is 0.0316. The second-order valence-corrected chi connectivity index (χ2v) is 13.0. The molecule has 0 amide bonds. The summed E-state index contributed by atoms with van der Waals surface area (Å²) < 4.78 is 27.9. The first kappa shape index (κ1) is 24.8. The average molecular weight is 413 g/mol. The van der Waals surface area contributed by atoms with E-state index in [2.05, 4.69) is 33.9 Å². The van der Waals surface area contributed by atoms with Gasteiger partial charge in [0.1, 0.15) is 18.6 Å². The first-order valence-corrected chi connectivity index (χ1v) is 12.5. The number of aldehydes is 1. The molecule has 2 atom stereocenters. The Morgan fingerprint density at radius 2 is 1.75 bits per heavy atom. The molecule has 1 aromatic rings. The summed E-state index contributed by atoms with van der Waals surface area (Å²) in [6, 6.07) is 7.75. The van der Waals surface area contributed by atoms with Gasteiger partial charge in [-0.2, -0.15) is 0 Å². The summed E-state index contributed by atoms with van der Waals surface area (Å²) in [7, 11) is 1.10. The van der Waals surface area contributed by atoms with Crippen molar-refractivity contribution in [3.63, 3.8) is 0 Å². The number of methoxy groups -OCH3 is 2. The number of hydrogen-bond donors (Lipinski definition) is 0. The van der Waals surface area contributed by atoms with Crippen LogP contribution in [-0.2, 0) is 30.0 Å². The summed E-state index contributed by atoms with van der Waals surface area (Å²) in [5.41, 5.74) is 1.06. The molecule has 0 aliphatic carbocycles. The summed E-state index contributed by atoms with van der Waals surface area (Å²) in [4.78, 5) is 11.6. The Hall–Kier alpha value is -1.25. The zero-order valence-corrected chi connectivity index (χ0v) is 19.3. The third-order valence-corrected chi connectivity index (χ3v) is 9.61. The van der Waals surface area contributed by atoms with Gasteiger partial charge in [-0.1, -0.05) is 32.9 Å². The molecule has 0 aliphatic rings. The molecule has 0 saturated heterocycles. The lowest BCUT2D eigenvalue weighted by molar-refractivity contribution is -0.140. The highest BCUT2D eigenvalue weighted by atomic mass is 28.4. The van der Waals surface area contributed by atoms with Gasteiger partial charge in [-0.15, -0.1) is 0 Å². The summed E-state index contributed by atoms with van der Waals surface area (Å²) in [5.74, 6) is 0.815. The molecule has 0 N–H and O–H groups in total. The van der Waals surface area contributed by atoms with Gasteiger partial charge in [-0.25, -0.2) is 0 Å². The normalized spacial score (nSPS) is 14.5. The molecular formula is C21H36O6Si. The highest BCUT2D eigenvalue weighted by Crippen LogP contribution is 2.38. The fourth-order valence-electron chi connectivity index (χ4n) is 2.34. The topological polar surface area (TPSA) is 63.2 Å². The van der Waals surface area contributed by atoms with Crippen LogP contribution in [0.4, 0.5) is 0 Å². The number of hydrogen-bond acceptors (Lipinski definition) is 6. The highest BCUT2D eigenvalue weighted by Gasteiger charge is 2.41. The molecule has 1 aromatic carbocycles. The molecule has 6 nitrogen and oxygen atoms in total. The van der Waals surface area contributed by atoms with Gasteiger partial charge in [0.25, 0.3) is 0 Å². The minimum absolute atomic E-state index is 0.0316. The van der Waals surface area contributed by atoms with E-state index in [9.17, 15) is 4.79 Å². The van der Waals surface area contributed by atoms with Crippen LogP contribution in [0.15, 0.2) is 24.3 Å². The molecular weight excluding hydrogens is 376 g/mol. The largest absolute Gasteiger partial charge is 0.497 e. The molecule has 28 heavy (non-hydrogen) atoms. The molecule has 0 spiro atoms. The number of carbonyl (C=O) groups is 1. The molecule has 0 aromatic heterocycles. The van der Waals surface area contributed by atoms with Gasteiger partial charge in [0.15, 0.2) is 14.6 Å². The highest BCUT2D eigenvalue weighted by molar-refractivity contribution is 6.74. The van der Waals surface area contributed by atoms with Crippen LogP contribution in [0.2, 0.25) is 18.1 Å². The van der Waals surface area contributed by atoms with E-state index in [0.29, 0.717) is 19.6 Å². The Morgan fingerprint density at radius 1 is 1.11 bits per heavy atom. The number of rotatable bonds is 13. The number of ether oxygens (including phenoxy) is 4. The van der Waals surface area contributed by atoms with Gasteiger partial charge in [0, 0.05) is 13.7 Å². The van der Waals surface area contributed by atoms with Gasteiger partial charge < -0.3 is 28.2 Å². The molecule has 0 fully saturated rings. The number of carbonyl (C=O) groups excluding carboxylic acids is 1. The van der Waals surface area contributed by atoms with E-state index in [1.54, 1.807) is 7.11 Å². The van der Waals surface area contributed by atoms with Crippen LogP contribution in [0.5, 0.6) is 5.75 Å². The van der Waals surface area contributed by atoms with Crippen LogP contribution in [0, 0.1) is 0 Å². The molecule has 0 unspecified atom stereocenters. The molecule has 0 bridgehead atoms. The minimum Gasteiger partial charge on any atom is -0.497 e. The van der Waals surface area contributed by atoms with Gasteiger partial charge in [-0.05, 0) is 42.2 Å². The zero-order chi connectivity index (χ0) is 21.2. The van der Waals surface area contributed by atoms with Crippen molar-refractivity contribution in [3.8, 4) is 5.75 Å². The smallest absolute Gasteiger partial charge is 0.192 e. The summed E-state index contributed by atoms with van der Waals surface area (Å²) in [6.45, 7) is 11.8. The summed E-state index contributed by atoms with van der Waals surface area (Å²) in [6.07, 6.45) is 0.305. The molecule has 0 radical (unpaired) electrons. The Morgan fingerprint density at radius 3 is 2.25 bits per heavy atom. The zero-order valence-electron chi connectivity index (χ0n) is 18.3. The maximum atomic E-state index is 11.6.